The van der Waals surface area contributed by atoms with Crippen LogP contribution in [-0.4, -0.2) is 43.4 Å². The maximum atomic E-state index is 13.7. The lowest BCUT2D eigenvalue weighted by atomic mass is 9.55. The summed E-state index contributed by atoms with van der Waals surface area (Å²) in [5, 5.41) is 44.9. The molecule has 0 saturated carbocycles. The van der Waals surface area contributed by atoms with Crippen LogP contribution < -0.4 is 0 Å². The Bertz CT molecular complexity index is 1260. The summed E-state index contributed by atoms with van der Waals surface area (Å²) in [4.78, 5) is 39.4. The van der Waals surface area contributed by atoms with E-state index in [4.69, 9.17) is 0 Å². The standard InChI is InChI=1S/C28H32O7/c1-11(2)7-16-8-13(5)17-9-15-10-18-19(12(3)4)24(31)20(14(6)29)26(33)28(18,35)27(34)21(15)25(32)22(17)23(16)30/h8,12,15,18-19,30-31,34-35H,1,7,9-10H2,2-6H3/t15?,18?,19?,28-/m0/s1. The predicted octanol–water partition coefficient (Wildman–Crippen LogP) is 3.99. The summed E-state index contributed by atoms with van der Waals surface area (Å²) < 4.78 is 0. The molecule has 4 atom stereocenters. The zero-order valence-electron chi connectivity index (χ0n) is 20.7. The van der Waals surface area contributed by atoms with E-state index < -0.39 is 52.0 Å². The van der Waals surface area contributed by atoms with Crippen molar-refractivity contribution in [2.75, 3.05) is 0 Å². The molecule has 0 amide bonds. The Morgan fingerprint density at radius 1 is 1.20 bits per heavy atom. The Morgan fingerprint density at radius 3 is 2.37 bits per heavy atom. The van der Waals surface area contributed by atoms with Gasteiger partial charge in [0.2, 0.25) is 5.78 Å². The molecule has 7 nitrogen and oxygen atoms in total. The highest BCUT2D eigenvalue weighted by Gasteiger charge is 2.62. The summed E-state index contributed by atoms with van der Waals surface area (Å²) in [5.41, 5.74) is -0.281. The number of phenolic OH excluding ortho intramolecular Hbond substituents is 1. The van der Waals surface area contributed by atoms with Gasteiger partial charge < -0.3 is 20.4 Å². The molecule has 7 heteroatoms. The Hall–Kier alpha value is -3.19. The normalized spacial score (nSPS) is 28.1. The van der Waals surface area contributed by atoms with E-state index in [1.807, 2.05) is 19.9 Å². The fourth-order valence-corrected chi connectivity index (χ4v) is 6.38. The zero-order chi connectivity index (χ0) is 26.1. The van der Waals surface area contributed by atoms with Crippen molar-refractivity contribution in [1.82, 2.24) is 0 Å². The van der Waals surface area contributed by atoms with E-state index in [2.05, 4.69) is 6.58 Å². The lowest BCUT2D eigenvalue weighted by Gasteiger charge is -2.50. The van der Waals surface area contributed by atoms with Crippen LogP contribution in [0.25, 0.3) is 0 Å². The van der Waals surface area contributed by atoms with E-state index in [1.165, 1.54) is 0 Å². The largest absolute Gasteiger partial charge is 0.511 e. The summed E-state index contributed by atoms with van der Waals surface area (Å²) in [6.07, 6.45) is 0.843. The van der Waals surface area contributed by atoms with Crippen molar-refractivity contribution in [3.63, 3.8) is 0 Å². The number of hydrogen-bond donors (Lipinski definition) is 4. The number of hydrogen-bond acceptors (Lipinski definition) is 7. The fourth-order valence-electron chi connectivity index (χ4n) is 6.38. The minimum atomic E-state index is -2.51. The summed E-state index contributed by atoms with van der Waals surface area (Å²) in [6, 6.07) is 1.83. The highest BCUT2D eigenvalue weighted by Crippen LogP contribution is 2.55. The van der Waals surface area contributed by atoms with Crippen molar-refractivity contribution in [3.8, 4) is 5.75 Å². The molecule has 3 unspecified atom stereocenters. The molecule has 4 N–H and O–H groups in total. The minimum Gasteiger partial charge on any atom is -0.511 e. The zero-order valence-corrected chi connectivity index (χ0v) is 20.7. The van der Waals surface area contributed by atoms with Gasteiger partial charge in [-0.3, -0.25) is 14.4 Å². The third-order valence-corrected chi connectivity index (χ3v) is 7.87. The van der Waals surface area contributed by atoms with E-state index in [0.29, 0.717) is 24.0 Å². The van der Waals surface area contributed by atoms with Gasteiger partial charge in [0, 0.05) is 17.4 Å². The van der Waals surface area contributed by atoms with Crippen molar-refractivity contribution >= 4 is 17.3 Å². The van der Waals surface area contributed by atoms with E-state index in [0.717, 1.165) is 18.1 Å². The highest BCUT2D eigenvalue weighted by molar-refractivity contribution is 6.25. The second-order valence-corrected chi connectivity index (χ2v) is 10.7. The topological polar surface area (TPSA) is 132 Å². The number of ketones is 3. The van der Waals surface area contributed by atoms with Crippen LogP contribution in [0.4, 0.5) is 0 Å². The lowest BCUT2D eigenvalue weighted by molar-refractivity contribution is -0.149. The number of aryl methyl sites for hydroxylation is 1. The Labute approximate surface area is 204 Å². The van der Waals surface area contributed by atoms with Crippen molar-refractivity contribution in [1.29, 1.82) is 0 Å². The average Bonchev–Trinajstić information content (AvgIpc) is 2.73. The summed E-state index contributed by atoms with van der Waals surface area (Å²) in [7, 11) is 0. The second-order valence-electron chi connectivity index (χ2n) is 10.7. The van der Waals surface area contributed by atoms with Crippen molar-refractivity contribution in [2.24, 2.45) is 23.7 Å². The predicted molar refractivity (Wildman–Crippen MR) is 129 cm³/mol. The van der Waals surface area contributed by atoms with Crippen LogP contribution in [0.2, 0.25) is 0 Å². The number of fused-ring (bicyclic) bond motifs is 3. The molecule has 3 aliphatic carbocycles. The van der Waals surface area contributed by atoms with Crippen molar-refractivity contribution in [3.05, 3.63) is 63.1 Å². The number of aliphatic hydroxyl groups excluding tert-OH is 2. The molecule has 4 rings (SSSR count). The molecule has 0 saturated heterocycles. The number of Topliss-reactive ketones (excluding diaryl/α,β-unsaturated/α-hetero) is 3. The molecule has 35 heavy (non-hydrogen) atoms. The number of carbonyl (C=O) groups excluding carboxylic acids is 3. The molecule has 186 valence electrons. The highest BCUT2D eigenvalue weighted by atomic mass is 16.3. The van der Waals surface area contributed by atoms with Gasteiger partial charge in [-0.1, -0.05) is 32.1 Å². The molecule has 1 aromatic carbocycles. The second kappa shape index (κ2) is 8.19. The first-order valence-electron chi connectivity index (χ1n) is 11.9. The number of rotatable bonds is 4. The molecule has 0 aliphatic heterocycles. The van der Waals surface area contributed by atoms with Crippen LogP contribution in [0.3, 0.4) is 0 Å². The fraction of sp³-hybridized carbons (Fsp3) is 0.464. The Balaban J connectivity index is 1.96. The molecule has 0 spiro atoms. The Morgan fingerprint density at radius 2 is 1.83 bits per heavy atom. The van der Waals surface area contributed by atoms with Crippen LogP contribution in [0, 0.1) is 30.6 Å². The maximum absolute atomic E-state index is 13.7. The van der Waals surface area contributed by atoms with E-state index in [-0.39, 0.29) is 35.0 Å². The molecular weight excluding hydrogens is 448 g/mol. The van der Waals surface area contributed by atoms with Gasteiger partial charge in [0.1, 0.15) is 22.8 Å². The Kier molecular flexibility index (Phi) is 5.83. The van der Waals surface area contributed by atoms with E-state index >= 15 is 0 Å². The quantitative estimate of drug-likeness (QED) is 0.378. The number of allylic oxidation sites excluding steroid dienone is 3. The molecule has 3 aliphatic rings. The van der Waals surface area contributed by atoms with Crippen LogP contribution in [-0.2, 0) is 22.4 Å². The first-order valence-corrected chi connectivity index (χ1v) is 11.9. The molecular formula is C28H32O7. The third kappa shape index (κ3) is 3.39. The number of aliphatic hydroxyl groups is 3. The van der Waals surface area contributed by atoms with Gasteiger partial charge in [-0.25, -0.2) is 0 Å². The van der Waals surface area contributed by atoms with Crippen LogP contribution in [0.5, 0.6) is 5.75 Å². The minimum absolute atomic E-state index is 0.0648. The van der Waals surface area contributed by atoms with Gasteiger partial charge in [-0.15, -0.1) is 0 Å². The summed E-state index contributed by atoms with van der Waals surface area (Å²) >= 11 is 0. The van der Waals surface area contributed by atoms with E-state index in [1.54, 1.807) is 13.8 Å². The van der Waals surface area contributed by atoms with Crippen LogP contribution in [0.15, 0.2) is 40.9 Å². The molecule has 0 aromatic heterocycles. The molecule has 0 bridgehead atoms. The maximum Gasteiger partial charge on any atom is 0.209 e. The summed E-state index contributed by atoms with van der Waals surface area (Å²) in [6.45, 7) is 12.3. The van der Waals surface area contributed by atoms with Crippen LogP contribution in [0.1, 0.15) is 61.2 Å². The first-order chi connectivity index (χ1) is 16.2. The molecule has 1 aromatic rings. The van der Waals surface area contributed by atoms with Gasteiger partial charge in [0.05, 0.1) is 5.56 Å². The van der Waals surface area contributed by atoms with Gasteiger partial charge in [0.25, 0.3) is 0 Å². The number of phenols is 1. The van der Waals surface area contributed by atoms with Crippen LogP contribution >= 0.6 is 0 Å². The third-order valence-electron chi connectivity index (χ3n) is 7.87. The van der Waals surface area contributed by atoms with Gasteiger partial charge in [0.15, 0.2) is 17.2 Å². The SMILES string of the molecule is C=C(C)Cc1cc(C)c2c(c1O)C(=O)C1=C(O)[C@@]3(O)C(=O)C(C(C)=O)=C(O)C(C(C)C)C3CC1C2. The first kappa shape index (κ1) is 24.9. The summed E-state index contributed by atoms with van der Waals surface area (Å²) in [5.74, 6) is -6.25. The number of aromatic hydroxyl groups is 1. The smallest absolute Gasteiger partial charge is 0.209 e. The molecule has 0 radical (unpaired) electrons. The van der Waals surface area contributed by atoms with Crippen molar-refractivity contribution < 1.29 is 34.8 Å². The lowest BCUT2D eigenvalue weighted by Crippen LogP contribution is -2.60. The molecule has 0 fully saturated rings. The number of carbonyl (C=O) groups is 3. The van der Waals surface area contributed by atoms with Gasteiger partial charge in [-0.05, 0) is 68.6 Å². The van der Waals surface area contributed by atoms with E-state index in [9.17, 15) is 34.8 Å². The number of benzene rings is 1. The van der Waals surface area contributed by atoms with Crippen molar-refractivity contribution in [2.45, 2.75) is 59.5 Å². The monoisotopic (exact) mass is 480 g/mol. The molecule has 0 heterocycles. The van der Waals surface area contributed by atoms with Gasteiger partial charge in [-0.2, -0.15) is 0 Å². The van der Waals surface area contributed by atoms with Gasteiger partial charge >= 0.3 is 0 Å². The average molecular weight is 481 g/mol.